The molecule has 0 saturated heterocycles. The van der Waals surface area contributed by atoms with Gasteiger partial charge in [-0.1, -0.05) is 166 Å². The van der Waals surface area contributed by atoms with Crippen molar-refractivity contribution in [2.75, 3.05) is 4.81 Å². The summed E-state index contributed by atoms with van der Waals surface area (Å²) in [7, 11) is 0. The van der Waals surface area contributed by atoms with Gasteiger partial charge in [-0.3, -0.25) is 0 Å². The molecule has 15 rings (SSSR count). The summed E-state index contributed by atoms with van der Waals surface area (Å²) in [6, 6.07) is 67.6. The summed E-state index contributed by atoms with van der Waals surface area (Å²) in [5, 5.41) is 5.19. The van der Waals surface area contributed by atoms with Crippen LogP contribution in [-0.2, 0) is 10.8 Å². The van der Waals surface area contributed by atoms with Crippen molar-refractivity contribution < 1.29 is 0 Å². The minimum atomic E-state index is -0.465. The fourth-order valence-corrected chi connectivity index (χ4v) is 13.0. The average molecular weight is 747 g/mol. The van der Waals surface area contributed by atoms with Crippen LogP contribution in [0.1, 0.15) is 47.2 Å². The SMILES string of the molecule is CC1(C)c2ccccc2-c2cc3c4c(c21)-n1c2cc5ccccc5cc2c2cccc(c21)B4N1c2ccccc2C2(c4ccccc4-c4ccccc42)c2cccc-3c21. The largest absolute Gasteiger partial charge is 0.376 e. The fraction of sp³-hybridized carbons (Fsp3) is 0.0714. The lowest BCUT2D eigenvalue weighted by Gasteiger charge is -2.51. The fourth-order valence-electron chi connectivity index (χ4n) is 13.0. The van der Waals surface area contributed by atoms with E-state index in [4.69, 9.17) is 0 Å². The van der Waals surface area contributed by atoms with Gasteiger partial charge in [-0.15, -0.1) is 0 Å². The molecule has 0 atom stereocenters. The molecule has 0 unspecified atom stereocenters. The van der Waals surface area contributed by atoms with Gasteiger partial charge in [-0.2, -0.15) is 0 Å². The lowest BCUT2D eigenvalue weighted by atomic mass is 9.42. The van der Waals surface area contributed by atoms with Crippen LogP contribution in [-0.4, -0.2) is 11.4 Å². The van der Waals surface area contributed by atoms with Gasteiger partial charge in [0.15, 0.2) is 0 Å². The van der Waals surface area contributed by atoms with Gasteiger partial charge in [0.05, 0.1) is 16.4 Å². The maximum Gasteiger partial charge on any atom is 0.333 e. The van der Waals surface area contributed by atoms with Crippen molar-refractivity contribution in [3.63, 3.8) is 0 Å². The van der Waals surface area contributed by atoms with Crippen molar-refractivity contribution in [1.29, 1.82) is 0 Å². The Balaban J connectivity index is 1.17. The van der Waals surface area contributed by atoms with Crippen LogP contribution in [0.4, 0.5) is 11.4 Å². The van der Waals surface area contributed by atoms with Crippen molar-refractivity contribution in [3.05, 3.63) is 209 Å². The van der Waals surface area contributed by atoms with Crippen molar-refractivity contribution in [2.24, 2.45) is 0 Å². The topological polar surface area (TPSA) is 8.17 Å². The number of hydrogen-bond acceptors (Lipinski definition) is 1. The van der Waals surface area contributed by atoms with Gasteiger partial charge in [-0.25, -0.2) is 0 Å². The summed E-state index contributed by atoms with van der Waals surface area (Å²) in [6.45, 7) is 4.87. The molecule has 0 amide bonds. The third kappa shape index (κ3) is 3.31. The molecule has 3 aliphatic heterocycles. The molecule has 2 nitrogen and oxygen atoms in total. The molecule has 2 aliphatic carbocycles. The zero-order chi connectivity index (χ0) is 38.5. The maximum absolute atomic E-state index is 2.77. The van der Waals surface area contributed by atoms with Crippen LogP contribution < -0.4 is 15.7 Å². The molecule has 272 valence electrons. The lowest BCUT2D eigenvalue weighted by Crippen LogP contribution is -2.62. The van der Waals surface area contributed by atoms with Crippen LogP contribution in [0, 0.1) is 0 Å². The van der Waals surface area contributed by atoms with Crippen molar-refractivity contribution in [1.82, 2.24) is 4.57 Å². The Labute approximate surface area is 342 Å². The molecule has 0 saturated carbocycles. The molecule has 0 fully saturated rings. The Hall–Kier alpha value is -7.10. The van der Waals surface area contributed by atoms with Crippen LogP contribution in [0.15, 0.2) is 176 Å². The number of aromatic nitrogens is 1. The summed E-state index contributed by atoms with van der Waals surface area (Å²) < 4.78 is 2.70. The number of para-hydroxylation sites is 3. The Morgan fingerprint density at radius 2 is 1.03 bits per heavy atom. The summed E-state index contributed by atoms with van der Waals surface area (Å²) >= 11 is 0. The third-order valence-electron chi connectivity index (χ3n) is 15.1. The van der Waals surface area contributed by atoms with E-state index in [1.165, 1.54) is 127 Å². The van der Waals surface area contributed by atoms with Crippen molar-refractivity contribution in [3.8, 4) is 39.1 Å². The summed E-state index contributed by atoms with van der Waals surface area (Å²) in [6.07, 6.45) is 0. The second kappa shape index (κ2) is 10.1. The molecule has 5 aliphatic rings. The zero-order valence-electron chi connectivity index (χ0n) is 32.7. The van der Waals surface area contributed by atoms with Crippen LogP contribution in [0.25, 0.3) is 71.6 Å². The highest BCUT2D eigenvalue weighted by Gasteiger charge is 2.56. The Bertz CT molecular complexity index is 3580. The zero-order valence-corrected chi connectivity index (χ0v) is 32.7. The molecule has 4 heterocycles. The van der Waals surface area contributed by atoms with E-state index in [2.05, 4.69) is 199 Å². The van der Waals surface area contributed by atoms with Gasteiger partial charge in [-0.05, 0) is 107 Å². The monoisotopic (exact) mass is 746 g/mol. The van der Waals surface area contributed by atoms with E-state index in [9.17, 15) is 0 Å². The molecule has 0 bridgehead atoms. The third-order valence-corrected chi connectivity index (χ3v) is 15.1. The van der Waals surface area contributed by atoms with Crippen LogP contribution >= 0.6 is 0 Å². The normalized spacial score (nSPS) is 15.8. The molecular formula is C56H35BN2. The van der Waals surface area contributed by atoms with Crippen LogP contribution in [0.2, 0.25) is 0 Å². The minimum absolute atomic E-state index is 0.0428. The van der Waals surface area contributed by atoms with Crippen LogP contribution in [0.5, 0.6) is 0 Å². The molecule has 1 aromatic heterocycles. The minimum Gasteiger partial charge on any atom is -0.376 e. The molecule has 1 spiro atoms. The number of anilines is 2. The van der Waals surface area contributed by atoms with E-state index in [1.54, 1.807) is 0 Å². The molecule has 0 N–H and O–H groups in total. The van der Waals surface area contributed by atoms with Gasteiger partial charge in [0, 0.05) is 38.8 Å². The van der Waals surface area contributed by atoms with Gasteiger partial charge in [0.25, 0.3) is 0 Å². The maximum atomic E-state index is 2.77. The quantitative estimate of drug-likeness (QED) is 0.140. The number of nitrogens with zero attached hydrogens (tertiary/aromatic N) is 2. The molecular weight excluding hydrogens is 711 g/mol. The first-order chi connectivity index (χ1) is 29.1. The van der Waals surface area contributed by atoms with E-state index in [1.807, 2.05) is 0 Å². The molecule has 0 radical (unpaired) electrons. The summed E-state index contributed by atoms with van der Waals surface area (Å²) in [5.74, 6) is 0. The number of hydrogen-bond donors (Lipinski definition) is 0. The van der Waals surface area contributed by atoms with Crippen molar-refractivity contribution in [2.45, 2.75) is 24.7 Å². The van der Waals surface area contributed by atoms with Crippen LogP contribution in [0.3, 0.4) is 0 Å². The first-order valence-corrected chi connectivity index (χ1v) is 21.1. The van der Waals surface area contributed by atoms with E-state index >= 15 is 0 Å². The highest BCUT2D eigenvalue weighted by atomic mass is 15.1. The van der Waals surface area contributed by atoms with Gasteiger partial charge < -0.3 is 9.38 Å². The standard InChI is InChI=1S/C56H35BN2/c1-55(2)42-22-8-5-19-36(42)40-31-41-38-20-13-26-46-52(38)59(48-28-12-11-25-45(48)56(46)43-23-9-6-17-34(43)35-18-7-10-24-44(35)56)57-47-27-14-21-37-39-29-32-15-3-4-16-33(32)30-49(39)58(53(37)47)54(50(40)55)51(41)57/h3-31H,1-2H3. The number of fused-ring (bicyclic) bond motifs is 21. The van der Waals surface area contributed by atoms with Gasteiger partial charge >= 0.3 is 6.85 Å². The van der Waals surface area contributed by atoms with E-state index in [0.717, 1.165) is 0 Å². The number of rotatable bonds is 0. The van der Waals surface area contributed by atoms with E-state index in [0.29, 0.717) is 0 Å². The molecule has 59 heavy (non-hydrogen) atoms. The molecule has 10 aromatic rings. The number of benzene rings is 9. The van der Waals surface area contributed by atoms with E-state index < -0.39 is 5.41 Å². The molecule has 9 aromatic carbocycles. The van der Waals surface area contributed by atoms with Gasteiger partial charge in [0.2, 0.25) is 0 Å². The van der Waals surface area contributed by atoms with Crippen molar-refractivity contribution >= 4 is 61.7 Å². The summed E-state index contributed by atoms with van der Waals surface area (Å²) in [4.78, 5) is 2.77. The second-order valence-electron chi connectivity index (χ2n) is 17.9. The van der Waals surface area contributed by atoms with Gasteiger partial charge in [0.1, 0.15) is 0 Å². The summed E-state index contributed by atoms with van der Waals surface area (Å²) in [5.41, 5.74) is 25.0. The predicted octanol–water partition coefficient (Wildman–Crippen LogP) is 12.2. The highest BCUT2D eigenvalue weighted by molar-refractivity contribution is 6.94. The first-order valence-electron chi connectivity index (χ1n) is 21.1. The predicted molar refractivity (Wildman–Crippen MR) is 246 cm³/mol. The smallest absolute Gasteiger partial charge is 0.333 e. The Morgan fingerprint density at radius 3 is 1.80 bits per heavy atom. The highest BCUT2D eigenvalue weighted by Crippen LogP contribution is 2.65. The second-order valence-corrected chi connectivity index (χ2v) is 17.9. The molecule has 3 heteroatoms. The first kappa shape index (κ1) is 31.0. The van der Waals surface area contributed by atoms with E-state index in [-0.39, 0.29) is 12.3 Å². The Kier molecular flexibility index (Phi) is 5.31. The lowest BCUT2D eigenvalue weighted by molar-refractivity contribution is 0.657. The Morgan fingerprint density at radius 1 is 0.441 bits per heavy atom. The average Bonchev–Trinajstić information content (AvgIpc) is 3.85.